The molecule has 0 radical (unpaired) electrons. The maximum Gasteiger partial charge on any atom is 0.317 e. The van der Waals surface area contributed by atoms with Crippen LogP contribution in [0, 0.1) is 0 Å². The first-order valence-electron chi connectivity index (χ1n) is 7.91. The maximum absolute atomic E-state index is 12.1. The summed E-state index contributed by atoms with van der Waals surface area (Å²) >= 11 is 0. The first-order chi connectivity index (χ1) is 10.1. The fraction of sp³-hybridized carbons (Fsp3) is 0.611. The van der Waals surface area contributed by atoms with Gasteiger partial charge in [-0.2, -0.15) is 0 Å². The standard InChI is InChI=1S/C18H30N2O2/c1-13(21)11-12-20(6)17(22)19-14(2)15-7-9-16(10-8-15)18(3,4)5/h7-10,13-14,21H,11-12H2,1-6H3,(H,19,22). The van der Waals surface area contributed by atoms with E-state index < -0.39 is 6.10 Å². The van der Waals surface area contributed by atoms with E-state index >= 15 is 0 Å². The molecule has 0 bridgehead atoms. The SMILES string of the molecule is CC(O)CCN(C)C(=O)NC(C)c1ccc(C(C)(C)C)cc1. The summed E-state index contributed by atoms with van der Waals surface area (Å²) < 4.78 is 0. The number of carbonyl (C=O) groups is 1. The molecule has 0 aromatic heterocycles. The highest BCUT2D eigenvalue weighted by atomic mass is 16.3. The van der Waals surface area contributed by atoms with Crippen molar-refractivity contribution < 1.29 is 9.90 Å². The molecule has 2 atom stereocenters. The number of hydrogen-bond acceptors (Lipinski definition) is 2. The van der Waals surface area contributed by atoms with Crippen molar-refractivity contribution in [1.29, 1.82) is 0 Å². The van der Waals surface area contributed by atoms with Crippen molar-refractivity contribution in [2.75, 3.05) is 13.6 Å². The fourth-order valence-corrected chi connectivity index (χ4v) is 2.13. The number of nitrogens with one attached hydrogen (secondary N) is 1. The van der Waals surface area contributed by atoms with E-state index in [1.54, 1.807) is 18.9 Å². The van der Waals surface area contributed by atoms with Crippen LogP contribution in [0.3, 0.4) is 0 Å². The Bertz CT molecular complexity index is 475. The number of carbonyl (C=O) groups excluding carboxylic acids is 1. The van der Waals surface area contributed by atoms with Crippen LogP contribution in [0.4, 0.5) is 4.79 Å². The lowest BCUT2D eigenvalue weighted by atomic mass is 9.86. The minimum absolute atomic E-state index is 0.0458. The number of benzene rings is 1. The lowest BCUT2D eigenvalue weighted by Gasteiger charge is -2.23. The van der Waals surface area contributed by atoms with E-state index in [1.165, 1.54) is 5.56 Å². The van der Waals surface area contributed by atoms with E-state index in [1.807, 2.05) is 6.92 Å². The van der Waals surface area contributed by atoms with Crippen LogP contribution in [0.25, 0.3) is 0 Å². The molecule has 22 heavy (non-hydrogen) atoms. The molecule has 0 fully saturated rings. The first-order valence-corrected chi connectivity index (χ1v) is 7.91. The van der Waals surface area contributed by atoms with Gasteiger partial charge in [-0.1, -0.05) is 45.0 Å². The number of hydrogen-bond donors (Lipinski definition) is 2. The highest BCUT2D eigenvalue weighted by molar-refractivity contribution is 5.74. The number of aliphatic hydroxyl groups is 1. The highest BCUT2D eigenvalue weighted by Crippen LogP contribution is 2.23. The lowest BCUT2D eigenvalue weighted by molar-refractivity contribution is 0.162. The van der Waals surface area contributed by atoms with Crippen LogP contribution in [-0.4, -0.2) is 35.7 Å². The predicted molar refractivity (Wildman–Crippen MR) is 91.0 cm³/mol. The van der Waals surface area contributed by atoms with Gasteiger partial charge in [-0.3, -0.25) is 0 Å². The van der Waals surface area contributed by atoms with Crippen molar-refractivity contribution in [2.45, 2.75) is 58.6 Å². The molecular formula is C18H30N2O2. The summed E-state index contributed by atoms with van der Waals surface area (Å²) in [4.78, 5) is 13.7. The van der Waals surface area contributed by atoms with Crippen molar-refractivity contribution in [3.63, 3.8) is 0 Å². The molecule has 1 rings (SSSR count). The Hall–Kier alpha value is -1.55. The molecule has 2 amide bonds. The molecule has 124 valence electrons. The summed E-state index contributed by atoms with van der Waals surface area (Å²) in [5.41, 5.74) is 2.50. The molecule has 0 aliphatic heterocycles. The molecule has 2 unspecified atom stereocenters. The number of urea groups is 1. The van der Waals surface area contributed by atoms with Gasteiger partial charge in [0, 0.05) is 13.6 Å². The maximum atomic E-state index is 12.1. The molecule has 0 saturated carbocycles. The van der Waals surface area contributed by atoms with Crippen LogP contribution in [-0.2, 0) is 5.41 Å². The van der Waals surface area contributed by atoms with Gasteiger partial charge in [-0.25, -0.2) is 4.79 Å². The molecule has 0 aliphatic carbocycles. The summed E-state index contributed by atoms with van der Waals surface area (Å²) in [7, 11) is 1.74. The minimum Gasteiger partial charge on any atom is -0.393 e. The zero-order valence-electron chi connectivity index (χ0n) is 14.7. The second-order valence-electron chi connectivity index (χ2n) is 7.10. The van der Waals surface area contributed by atoms with E-state index in [0.29, 0.717) is 13.0 Å². The molecule has 0 saturated heterocycles. The minimum atomic E-state index is -0.391. The normalized spacial score (nSPS) is 14.3. The Labute approximate surface area is 134 Å². The number of aliphatic hydroxyl groups excluding tert-OH is 1. The van der Waals surface area contributed by atoms with E-state index in [9.17, 15) is 9.90 Å². The molecule has 1 aromatic rings. The predicted octanol–water partition coefficient (Wildman–Crippen LogP) is 3.46. The molecule has 1 aromatic carbocycles. The average molecular weight is 306 g/mol. The second-order valence-corrected chi connectivity index (χ2v) is 7.10. The zero-order valence-corrected chi connectivity index (χ0v) is 14.7. The van der Waals surface area contributed by atoms with Crippen LogP contribution in [0.1, 0.15) is 58.2 Å². The summed E-state index contributed by atoms with van der Waals surface area (Å²) in [5, 5.41) is 12.3. The van der Waals surface area contributed by atoms with E-state index in [0.717, 1.165) is 5.56 Å². The smallest absolute Gasteiger partial charge is 0.317 e. The van der Waals surface area contributed by atoms with Crippen molar-refractivity contribution in [3.05, 3.63) is 35.4 Å². The Kier molecular flexibility index (Phi) is 6.42. The fourth-order valence-electron chi connectivity index (χ4n) is 2.13. The zero-order chi connectivity index (χ0) is 16.9. The van der Waals surface area contributed by atoms with Crippen molar-refractivity contribution in [1.82, 2.24) is 10.2 Å². The van der Waals surface area contributed by atoms with Gasteiger partial charge in [0.15, 0.2) is 0 Å². The van der Waals surface area contributed by atoms with Gasteiger partial charge in [0.05, 0.1) is 12.1 Å². The highest BCUT2D eigenvalue weighted by Gasteiger charge is 2.16. The van der Waals surface area contributed by atoms with Crippen LogP contribution in [0.15, 0.2) is 24.3 Å². The van der Waals surface area contributed by atoms with Gasteiger partial charge in [-0.05, 0) is 36.8 Å². The van der Waals surface area contributed by atoms with E-state index in [2.05, 4.69) is 50.4 Å². The first kappa shape index (κ1) is 18.5. The summed E-state index contributed by atoms with van der Waals surface area (Å²) in [6.45, 7) is 10.8. The van der Waals surface area contributed by atoms with Crippen molar-refractivity contribution in [2.24, 2.45) is 0 Å². The topological polar surface area (TPSA) is 52.6 Å². The van der Waals surface area contributed by atoms with Crippen LogP contribution in [0.2, 0.25) is 0 Å². The monoisotopic (exact) mass is 306 g/mol. The van der Waals surface area contributed by atoms with Gasteiger partial charge < -0.3 is 15.3 Å². The number of amides is 2. The molecule has 4 heteroatoms. The van der Waals surface area contributed by atoms with Crippen LogP contribution >= 0.6 is 0 Å². The summed E-state index contributed by atoms with van der Waals surface area (Å²) in [6.07, 6.45) is 0.191. The molecule has 0 aliphatic rings. The Morgan fingerprint density at radius 1 is 1.23 bits per heavy atom. The Morgan fingerprint density at radius 3 is 2.23 bits per heavy atom. The van der Waals surface area contributed by atoms with Crippen LogP contribution in [0.5, 0.6) is 0 Å². The number of rotatable bonds is 5. The Balaban J connectivity index is 2.61. The summed E-state index contributed by atoms with van der Waals surface area (Å²) in [6, 6.07) is 8.22. The number of nitrogens with zero attached hydrogens (tertiary/aromatic N) is 1. The average Bonchev–Trinajstić information content (AvgIpc) is 2.43. The van der Waals surface area contributed by atoms with Gasteiger partial charge >= 0.3 is 6.03 Å². The third-order valence-corrected chi connectivity index (χ3v) is 3.85. The largest absolute Gasteiger partial charge is 0.393 e. The third-order valence-electron chi connectivity index (χ3n) is 3.85. The van der Waals surface area contributed by atoms with Gasteiger partial charge in [0.2, 0.25) is 0 Å². The van der Waals surface area contributed by atoms with E-state index in [4.69, 9.17) is 0 Å². The third kappa shape index (κ3) is 5.68. The quantitative estimate of drug-likeness (QED) is 0.875. The lowest BCUT2D eigenvalue weighted by Crippen LogP contribution is -2.39. The van der Waals surface area contributed by atoms with Crippen molar-refractivity contribution in [3.8, 4) is 0 Å². The van der Waals surface area contributed by atoms with Gasteiger partial charge in [-0.15, -0.1) is 0 Å². The van der Waals surface area contributed by atoms with Crippen molar-refractivity contribution >= 4 is 6.03 Å². The molecule has 0 spiro atoms. The Morgan fingerprint density at radius 2 is 1.77 bits per heavy atom. The second kappa shape index (κ2) is 7.63. The molecule has 4 nitrogen and oxygen atoms in total. The molecular weight excluding hydrogens is 276 g/mol. The summed E-state index contributed by atoms with van der Waals surface area (Å²) in [5.74, 6) is 0. The van der Waals surface area contributed by atoms with Gasteiger partial charge in [0.25, 0.3) is 0 Å². The molecule has 2 N–H and O–H groups in total. The van der Waals surface area contributed by atoms with Gasteiger partial charge in [0.1, 0.15) is 0 Å². The van der Waals surface area contributed by atoms with Crippen LogP contribution < -0.4 is 5.32 Å². The van der Waals surface area contributed by atoms with E-state index in [-0.39, 0.29) is 17.5 Å². The molecule has 0 heterocycles.